The third-order valence-electron chi connectivity index (χ3n) is 5.78. The third-order valence-corrected chi connectivity index (χ3v) is 7.65. The highest BCUT2D eigenvalue weighted by Crippen LogP contribution is 2.27. The largest absolute Gasteiger partial charge is 0.341 e. The number of para-hydroxylation sites is 1. The third kappa shape index (κ3) is 5.57. The first kappa shape index (κ1) is 23.3. The summed E-state index contributed by atoms with van der Waals surface area (Å²) in [5.74, 6) is -1.40. The molecular formula is C24H26ClN3O4S. The summed E-state index contributed by atoms with van der Waals surface area (Å²) in [6, 6.07) is 13.5. The normalized spacial score (nSPS) is 14.8. The van der Waals surface area contributed by atoms with Crippen molar-refractivity contribution in [2.45, 2.75) is 37.1 Å². The van der Waals surface area contributed by atoms with Crippen LogP contribution in [0.15, 0.2) is 59.6 Å². The molecule has 7 nitrogen and oxygen atoms in total. The van der Waals surface area contributed by atoms with E-state index in [-0.39, 0.29) is 17.3 Å². The van der Waals surface area contributed by atoms with E-state index in [1.54, 1.807) is 53.1 Å². The van der Waals surface area contributed by atoms with Crippen molar-refractivity contribution in [1.29, 1.82) is 0 Å². The molecule has 2 amide bonds. The van der Waals surface area contributed by atoms with Crippen molar-refractivity contribution >= 4 is 49.8 Å². The Labute approximate surface area is 198 Å². The van der Waals surface area contributed by atoms with Gasteiger partial charge in [-0.05, 0) is 37.1 Å². The number of sulfone groups is 1. The van der Waals surface area contributed by atoms with Crippen molar-refractivity contribution in [2.75, 3.05) is 24.2 Å². The number of amides is 2. The lowest BCUT2D eigenvalue weighted by atomic mass is 10.2. The molecule has 33 heavy (non-hydrogen) atoms. The fraction of sp³-hybridized carbons (Fsp3) is 0.333. The van der Waals surface area contributed by atoms with E-state index in [0.717, 1.165) is 38.8 Å². The van der Waals surface area contributed by atoms with Crippen LogP contribution in [-0.2, 0) is 26.0 Å². The smallest absolute Gasteiger partial charge is 0.242 e. The maximum atomic E-state index is 13.2. The molecule has 0 bridgehead atoms. The molecule has 1 aliphatic rings. The summed E-state index contributed by atoms with van der Waals surface area (Å²) >= 11 is 5.93. The number of nitrogens with one attached hydrogen (secondary N) is 1. The van der Waals surface area contributed by atoms with Gasteiger partial charge in [0.25, 0.3) is 0 Å². The highest BCUT2D eigenvalue weighted by molar-refractivity contribution is 7.92. The number of nitrogens with zero attached hydrogens (tertiary/aromatic N) is 2. The number of benzene rings is 2. The number of anilines is 1. The van der Waals surface area contributed by atoms with E-state index in [1.165, 1.54) is 6.20 Å². The molecule has 0 saturated carbocycles. The second-order valence-electron chi connectivity index (χ2n) is 8.25. The van der Waals surface area contributed by atoms with Gasteiger partial charge in [-0.15, -0.1) is 0 Å². The summed E-state index contributed by atoms with van der Waals surface area (Å²) in [7, 11) is -3.95. The van der Waals surface area contributed by atoms with E-state index in [2.05, 4.69) is 5.32 Å². The van der Waals surface area contributed by atoms with Gasteiger partial charge >= 0.3 is 0 Å². The van der Waals surface area contributed by atoms with Crippen LogP contribution in [0, 0.1) is 0 Å². The number of likely N-dealkylation sites (tertiary alicyclic amines) is 1. The van der Waals surface area contributed by atoms with Crippen molar-refractivity contribution < 1.29 is 18.0 Å². The second-order valence-corrected chi connectivity index (χ2v) is 10.6. The van der Waals surface area contributed by atoms with Gasteiger partial charge in [0.15, 0.2) is 9.84 Å². The molecule has 0 spiro atoms. The number of carbonyl (C=O) groups is 2. The molecule has 0 atom stereocenters. The Kier molecular flexibility index (Phi) is 7.05. The number of halogens is 1. The Hall–Kier alpha value is -2.84. The molecule has 1 N–H and O–H groups in total. The molecule has 9 heteroatoms. The van der Waals surface area contributed by atoms with Crippen molar-refractivity contribution in [3.8, 4) is 0 Å². The first-order chi connectivity index (χ1) is 15.8. The minimum Gasteiger partial charge on any atom is -0.341 e. The van der Waals surface area contributed by atoms with Crippen molar-refractivity contribution in [3.05, 3.63) is 59.8 Å². The van der Waals surface area contributed by atoms with Gasteiger partial charge < -0.3 is 14.8 Å². The minimum atomic E-state index is -3.95. The molecule has 3 aromatic rings. The predicted molar refractivity (Wildman–Crippen MR) is 129 cm³/mol. The topological polar surface area (TPSA) is 88.5 Å². The van der Waals surface area contributed by atoms with Crippen LogP contribution in [0.3, 0.4) is 0 Å². The molecule has 0 radical (unpaired) electrons. The lowest BCUT2D eigenvalue weighted by Gasteiger charge is -2.20. The monoisotopic (exact) mass is 487 g/mol. The Balaban J connectivity index is 1.57. The number of hydrogen-bond acceptors (Lipinski definition) is 4. The first-order valence-electron chi connectivity index (χ1n) is 11.0. The SMILES string of the molecule is O=C(CS(=O)(=O)c1cn(CC(=O)N2CCCCCC2)c2ccccc12)Nc1cccc(Cl)c1. The summed E-state index contributed by atoms with van der Waals surface area (Å²) in [6.07, 6.45) is 5.69. The zero-order valence-electron chi connectivity index (χ0n) is 18.2. The van der Waals surface area contributed by atoms with Crippen LogP contribution < -0.4 is 5.32 Å². The fourth-order valence-corrected chi connectivity index (χ4v) is 5.73. The minimum absolute atomic E-state index is 0.0275. The summed E-state index contributed by atoms with van der Waals surface area (Å²) in [5.41, 5.74) is 1.07. The van der Waals surface area contributed by atoms with Gasteiger partial charge in [-0.25, -0.2) is 8.42 Å². The van der Waals surface area contributed by atoms with E-state index in [0.29, 0.717) is 21.6 Å². The fourth-order valence-electron chi connectivity index (χ4n) is 4.17. The number of fused-ring (bicyclic) bond motifs is 1. The van der Waals surface area contributed by atoms with Crippen LogP contribution >= 0.6 is 11.6 Å². The summed E-state index contributed by atoms with van der Waals surface area (Å²) in [6.45, 7) is 1.52. The van der Waals surface area contributed by atoms with Gasteiger partial charge in [-0.2, -0.15) is 0 Å². The van der Waals surface area contributed by atoms with E-state index >= 15 is 0 Å². The zero-order valence-corrected chi connectivity index (χ0v) is 19.7. The lowest BCUT2D eigenvalue weighted by molar-refractivity contribution is -0.131. The van der Waals surface area contributed by atoms with Crippen molar-refractivity contribution in [1.82, 2.24) is 9.47 Å². The Morgan fingerprint density at radius 1 is 0.970 bits per heavy atom. The molecule has 4 rings (SSSR count). The molecule has 0 unspecified atom stereocenters. The number of hydrogen-bond donors (Lipinski definition) is 1. The number of carbonyl (C=O) groups excluding carboxylic acids is 2. The van der Waals surface area contributed by atoms with Crippen LogP contribution in [0.4, 0.5) is 5.69 Å². The summed E-state index contributed by atoms with van der Waals surface area (Å²) < 4.78 is 28.0. The average molecular weight is 488 g/mol. The molecule has 1 saturated heterocycles. The standard InChI is InChI=1S/C24H26ClN3O4S/c25-18-8-7-9-19(14-18)26-23(29)17-33(31,32)22-15-28(21-11-4-3-10-20(21)22)16-24(30)27-12-5-1-2-6-13-27/h3-4,7-11,14-15H,1-2,5-6,12-13,16-17H2,(H,26,29). The van der Waals surface area contributed by atoms with Crippen molar-refractivity contribution in [2.24, 2.45) is 0 Å². The molecular weight excluding hydrogens is 462 g/mol. The average Bonchev–Trinajstić information content (AvgIpc) is 2.94. The van der Waals surface area contributed by atoms with Crippen LogP contribution in [-0.4, -0.2) is 48.5 Å². The van der Waals surface area contributed by atoms with Gasteiger partial charge in [0.1, 0.15) is 12.3 Å². The molecule has 1 fully saturated rings. The van der Waals surface area contributed by atoms with Crippen LogP contribution in [0.2, 0.25) is 5.02 Å². The second kappa shape index (κ2) is 9.97. The molecule has 2 heterocycles. The Morgan fingerprint density at radius 3 is 2.42 bits per heavy atom. The quantitative estimate of drug-likeness (QED) is 0.566. The van der Waals surface area contributed by atoms with Gasteiger partial charge in [0.2, 0.25) is 11.8 Å². The zero-order chi connectivity index (χ0) is 23.4. The van der Waals surface area contributed by atoms with E-state index in [1.807, 2.05) is 4.90 Å². The maximum absolute atomic E-state index is 13.2. The van der Waals surface area contributed by atoms with Crippen LogP contribution in [0.25, 0.3) is 10.9 Å². The van der Waals surface area contributed by atoms with Crippen LogP contribution in [0.5, 0.6) is 0 Å². The number of aromatic nitrogens is 1. The van der Waals surface area contributed by atoms with Crippen molar-refractivity contribution in [3.63, 3.8) is 0 Å². The summed E-state index contributed by atoms with van der Waals surface area (Å²) in [5, 5.41) is 3.51. The van der Waals surface area contributed by atoms with Crippen LogP contribution in [0.1, 0.15) is 25.7 Å². The van der Waals surface area contributed by atoms with E-state index in [9.17, 15) is 18.0 Å². The predicted octanol–water partition coefficient (Wildman–Crippen LogP) is 4.11. The molecule has 174 valence electrons. The molecule has 0 aliphatic carbocycles. The highest BCUT2D eigenvalue weighted by Gasteiger charge is 2.26. The molecule has 1 aromatic heterocycles. The Bertz CT molecular complexity index is 1280. The van der Waals surface area contributed by atoms with E-state index < -0.39 is 21.5 Å². The summed E-state index contributed by atoms with van der Waals surface area (Å²) in [4.78, 5) is 27.3. The lowest BCUT2D eigenvalue weighted by Crippen LogP contribution is -2.34. The van der Waals surface area contributed by atoms with Gasteiger partial charge in [-0.1, -0.05) is 48.7 Å². The molecule has 2 aromatic carbocycles. The van der Waals surface area contributed by atoms with Gasteiger partial charge in [0, 0.05) is 40.9 Å². The van der Waals surface area contributed by atoms with Gasteiger partial charge in [0.05, 0.1) is 4.90 Å². The highest BCUT2D eigenvalue weighted by atomic mass is 35.5. The Morgan fingerprint density at radius 2 is 1.70 bits per heavy atom. The molecule has 1 aliphatic heterocycles. The van der Waals surface area contributed by atoms with Gasteiger partial charge in [-0.3, -0.25) is 9.59 Å². The number of rotatable bonds is 6. The van der Waals surface area contributed by atoms with E-state index in [4.69, 9.17) is 11.6 Å². The maximum Gasteiger partial charge on any atom is 0.242 e. The first-order valence-corrected chi connectivity index (χ1v) is 13.0.